The van der Waals surface area contributed by atoms with E-state index >= 15 is 0 Å². The van der Waals surface area contributed by atoms with Gasteiger partial charge >= 0.3 is 12.1 Å². The number of alkyl halides is 2. The van der Waals surface area contributed by atoms with Crippen molar-refractivity contribution in [1.29, 1.82) is 0 Å². The van der Waals surface area contributed by atoms with Gasteiger partial charge in [0, 0.05) is 0 Å². The van der Waals surface area contributed by atoms with Crippen molar-refractivity contribution in [2.45, 2.75) is 10.2 Å². The lowest BCUT2D eigenvalue weighted by molar-refractivity contribution is 0.238. The average Bonchev–Trinajstić information content (AvgIpc) is 2.09. The number of carbonyl (C=O) groups is 2. The molecule has 0 radical (unpaired) electrons. The molecule has 2 saturated heterocycles. The third kappa shape index (κ3) is 0.760. The van der Waals surface area contributed by atoms with E-state index in [-0.39, 0.29) is 0 Å². The first-order chi connectivity index (χ1) is 5.45. The Balaban J connectivity index is 2.38. The summed E-state index contributed by atoms with van der Waals surface area (Å²) in [6, 6.07) is -1.10. The molecule has 0 aromatic heterocycles. The number of rotatable bonds is 0. The zero-order chi connectivity index (χ0) is 8.98. The molecule has 0 spiro atoms. The van der Waals surface area contributed by atoms with Crippen molar-refractivity contribution in [2.24, 2.45) is 0 Å². The maximum absolute atomic E-state index is 10.8. The van der Waals surface area contributed by atoms with Crippen molar-refractivity contribution in [1.82, 2.24) is 21.3 Å². The quantitative estimate of drug-likeness (QED) is 0.318. The van der Waals surface area contributed by atoms with Gasteiger partial charge in [0.05, 0.1) is 0 Å². The van der Waals surface area contributed by atoms with Crippen LogP contribution in [0.15, 0.2) is 0 Å². The second-order valence-electron chi connectivity index (χ2n) is 2.48. The minimum atomic E-state index is -1.50. The number of hydrogen-bond acceptors (Lipinski definition) is 2. The van der Waals surface area contributed by atoms with Gasteiger partial charge in [-0.25, -0.2) is 9.59 Å². The largest absolute Gasteiger partial charge is 0.320 e. The Morgan fingerprint density at radius 3 is 1.33 bits per heavy atom. The first-order valence-electron chi connectivity index (χ1n) is 3.04. The number of amides is 4. The Morgan fingerprint density at radius 1 is 0.833 bits per heavy atom. The van der Waals surface area contributed by atoms with Gasteiger partial charge in [-0.3, -0.25) is 21.3 Å². The Bertz CT molecular complexity index is 236. The monoisotopic (exact) mass is 210 g/mol. The van der Waals surface area contributed by atoms with E-state index in [1.165, 1.54) is 0 Å². The summed E-state index contributed by atoms with van der Waals surface area (Å²) in [5.41, 5.74) is 0. The number of urea groups is 2. The van der Waals surface area contributed by atoms with Gasteiger partial charge in [-0.15, -0.1) is 0 Å². The van der Waals surface area contributed by atoms with Crippen LogP contribution < -0.4 is 21.3 Å². The van der Waals surface area contributed by atoms with Crippen molar-refractivity contribution in [3.63, 3.8) is 0 Å². The second-order valence-corrected chi connectivity index (χ2v) is 3.61. The van der Waals surface area contributed by atoms with Crippen LogP contribution in [0, 0.1) is 0 Å². The zero-order valence-electron chi connectivity index (χ0n) is 5.57. The van der Waals surface area contributed by atoms with Crippen LogP contribution in [0.1, 0.15) is 0 Å². The minimum absolute atomic E-state index is 0.549. The Hall–Kier alpha value is -0.880. The van der Waals surface area contributed by atoms with Crippen LogP contribution in [0.3, 0.4) is 0 Å². The van der Waals surface area contributed by atoms with E-state index in [1.807, 2.05) is 0 Å². The lowest BCUT2D eigenvalue weighted by Gasteiger charge is -2.24. The smallest absolute Gasteiger partial charge is 0.297 e. The Morgan fingerprint density at radius 2 is 1.08 bits per heavy atom. The molecule has 4 N–H and O–H groups in total. The predicted molar refractivity (Wildman–Crippen MR) is 40.5 cm³/mol. The molecule has 0 aromatic rings. The van der Waals surface area contributed by atoms with Crippen LogP contribution in [0.5, 0.6) is 0 Å². The van der Waals surface area contributed by atoms with Gasteiger partial charge < -0.3 is 0 Å². The topological polar surface area (TPSA) is 82.3 Å². The number of fused-ring (bicyclic) bond motifs is 1. The molecular formula is C4H4Cl2N4O2. The molecule has 0 bridgehead atoms. The SMILES string of the molecule is O=C1NC2(Cl)NC(=O)NC2(Cl)N1. The summed E-state index contributed by atoms with van der Waals surface area (Å²) in [6.07, 6.45) is 0. The first-order valence-corrected chi connectivity index (χ1v) is 3.79. The fourth-order valence-electron chi connectivity index (χ4n) is 1.10. The van der Waals surface area contributed by atoms with Crippen molar-refractivity contribution in [3.05, 3.63) is 0 Å². The minimum Gasteiger partial charge on any atom is -0.297 e. The van der Waals surface area contributed by atoms with Crippen LogP contribution in [-0.4, -0.2) is 22.3 Å². The molecule has 6 nitrogen and oxygen atoms in total. The van der Waals surface area contributed by atoms with Crippen LogP contribution in [0.4, 0.5) is 9.59 Å². The van der Waals surface area contributed by atoms with E-state index in [2.05, 4.69) is 21.3 Å². The molecule has 2 aliphatic heterocycles. The molecule has 2 aliphatic rings. The lowest BCUT2D eigenvalue weighted by atomic mass is 10.4. The van der Waals surface area contributed by atoms with Crippen molar-refractivity contribution < 1.29 is 9.59 Å². The number of nitrogens with one attached hydrogen (secondary N) is 4. The van der Waals surface area contributed by atoms with E-state index < -0.39 is 22.3 Å². The maximum Gasteiger partial charge on any atom is 0.320 e. The summed E-state index contributed by atoms with van der Waals surface area (Å²) in [6.45, 7) is 0. The lowest BCUT2D eigenvalue weighted by Crippen LogP contribution is -2.58. The van der Waals surface area contributed by atoms with Gasteiger partial charge in [0.2, 0.25) is 0 Å². The molecule has 2 fully saturated rings. The molecule has 0 aromatic carbocycles. The van der Waals surface area contributed by atoms with E-state index in [0.717, 1.165) is 0 Å². The summed E-state index contributed by atoms with van der Waals surface area (Å²) in [7, 11) is 0. The van der Waals surface area contributed by atoms with Crippen LogP contribution >= 0.6 is 23.2 Å². The van der Waals surface area contributed by atoms with Gasteiger partial charge in [-0.2, -0.15) is 0 Å². The number of hydrogen-bond donors (Lipinski definition) is 4. The van der Waals surface area contributed by atoms with Gasteiger partial charge in [0.25, 0.3) is 10.2 Å². The van der Waals surface area contributed by atoms with Gasteiger partial charge in [-0.05, 0) is 0 Å². The molecule has 12 heavy (non-hydrogen) atoms. The first kappa shape index (κ1) is 7.75. The fourth-order valence-corrected chi connectivity index (χ4v) is 1.63. The van der Waals surface area contributed by atoms with E-state index in [1.54, 1.807) is 0 Å². The number of halogens is 2. The highest BCUT2D eigenvalue weighted by atomic mass is 35.5. The van der Waals surface area contributed by atoms with E-state index in [9.17, 15) is 9.59 Å². The molecule has 66 valence electrons. The van der Waals surface area contributed by atoms with Crippen molar-refractivity contribution in [2.75, 3.05) is 0 Å². The summed E-state index contributed by atoms with van der Waals surface area (Å²) in [5, 5.41) is 6.01. The molecule has 0 saturated carbocycles. The molecule has 0 unspecified atom stereocenters. The average molecular weight is 211 g/mol. The van der Waals surface area contributed by atoms with Crippen LogP contribution in [0.2, 0.25) is 0 Å². The highest BCUT2D eigenvalue weighted by Gasteiger charge is 2.63. The molecule has 2 rings (SSSR count). The van der Waals surface area contributed by atoms with Crippen molar-refractivity contribution >= 4 is 35.3 Å². The molecule has 0 aliphatic carbocycles. The Labute approximate surface area is 77.0 Å². The highest BCUT2D eigenvalue weighted by Crippen LogP contribution is 2.33. The highest BCUT2D eigenvalue weighted by molar-refractivity contribution is 6.39. The second kappa shape index (κ2) is 1.89. The van der Waals surface area contributed by atoms with Crippen molar-refractivity contribution in [3.8, 4) is 0 Å². The van der Waals surface area contributed by atoms with Gasteiger partial charge in [0.15, 0.2) is 0 Å². The molecule has 4 amide bonds. The summed E-state index contributed by atoms with van der Waals surface area (Å²) >= 11 is 11.6. The third-order valence-corrected chi connectivity index (χ3v) is 2.66. The third-order valence-electron chi connectivity index (χ3n) is 1.62. The normalized spacial score (nSPS) is 44.2. The molecular weight excluding hydrogens is 207 g/mol. The summed E-state index contributed by atoms with van der Waals surface area (Å²) in [4.78, 5) is 21.6. The molecule has 0 atom stereocenters. The summed E-state index contributed by atoms with van der Waals surface area (Å²) < 4.78 is 0. The van der Waals surface area contributed by atoms with E-state index in [0.29, 0.717) is 0 Å². The van der Waals surface area contributed by atoms with E-state index in [4.69, 9.17) is 23.2 Å². The molecule has 2 heterocycles. The number of carbonyl (C=O) groups excluding carboxylic acids is 2. The fraction of sp³-hybridized carbons (Fsp3) is 0.500. The van der Waals surface area contributed by atoms with Gasteiger partial charge in [0.1, 0.15) is 0 Å². The van der Waals surface area contributed by atoms with Crippen LogP contribution in [-0.2, 0) is 0 Å². The van der Waals surface area contributed by atoms with Crippen LogP contribution in [0.25, 0.3) is 0 Å². The predicted octanol–water partition coefficient (Wildman–Crippen LogP) is -0.603. The standard InChI is InChI=1S/C4H4Cl2N4O2/c5-3-4(6,8-1(11)7-3)10-2(12)9-3/h(H2,7,8,11)(H2,9,10,12). The maximum atomic E-state index is 10.8. The van der Waals surface area contributed by atoms with Gasteiger partial charge in [-0.1, -0.05) is 23.2 Å². The Kier molecular flexibility index (Phi) is 1.22. The summed E-state index contributed by atoms with van der Waals surface area (Å²) in [5.74, 6) is 0. The zero-order valence-corrected chi connectivity index (χ0v) is 7.08. The molecule has 8 heteroatoms.